The maximum atomic E-state index is 13.6. The van der Waals surface area contributed by atoms with Gasteiger partial charge in [-0.1, -0.05) is 11.6 Å². The zero-order chi connectivity index (χ0) is 14.9. The van der Waals surface area contributed by atoms with Crippen LogP contribution in [-0.4, -0.2) is 9.91 Å². The van der Waals surface area contributed by atoms with E-state index in [9.17, 15) is 18.9 Å². The number of anilines is 2. The standard InChI is InChI=1S/C11H5BrClF2N3O2/c12-6-3-9(8(15)4-7(6)14)16-11-2-5(18(19)20)1-10(13)17-11/h1-4H,(H,16,17). The Morgan fingerprint density at radius 2 is 1.95 bits per heavy atom. The van der Waals surface area contributed by atoms with Crippen LogP contribution in [0.15, 0.2) is 28.7 Å². The molecule has 0 aliphatic carbocycles. The Labute approximate surface area is 124 Å². The average Bonchev–Trinajstić information content (AvgIpc) is 2.35. The van der Waals surface area contributed by atoms with Crippen LogP contribution in [-0.2, 0) is 0 Å². The SMILES string of the molecule is O=[N+]([O-])c1cc(Cl)nc(Nc2cc(Br)c(F)cc2F)c1. The van der Waals surface area contributed by atoms with E-state index in [1.165, 1.54) is 0 Å². The molecular formula is C11H5BrClF2N3O2. The molecule has 20 heavy (non-hydrogen) atoms. The van der Waals surface area contributed by atoms with Crippen LogP contribution in [0.2, 0.25) is 5.15 Å². The van der Waals surface area contributed by atoms with Crippen molar-refractivity contribution < 1.29 is 13.7 Å². The van der Waals surface area contributed by atoms with E-state index in [-0.39, 0.29) is 26.8 Å². The molecule has 0 saturated heterocycles. The Morgan fingerprint density at radius 3 is 2.60 bits per heavy atom. The summed E-state index contributed by atoms with van der Waals surface area (Å²) < 4.78 is 26.7. The smallest absolute Gasteiger partial charge is 0.276 e. The van der Waals surface area contributed by atoms with Crippen molar-refractivity contribution in [1.82, 2.24) is 4.98 Å². The number of hydrogen-bond acceptors (Lipinski definition) is 4. The van der Waals surface area contributed by atoms with Crippen LogP contribution < -0.4 is 5.32 Å². The molecule has 0 radical (unpaired) electrons. The third-order valence-electron chi connectivity index (χ3n) is 2.26. The predicted molar refractivity (Wildman–Crippen MR) is 73.2 cm³/mol. The Kier molecular flexibility index (Phi) is 4.15. The van der Waals surface area contributed by atoms with Crippen molar-refractivity contribution in [1.29, 1.82) is 0 Å². The molecule has 9 heteroatoms. The van der Waals surface area contributed by atoms with Crippen molar-refractivity contribution >= 4 is 44.7 Å². The van der Waals surface area contributed by atoms with Gasteiger partial charge in [0.1, 0.15) is 22.6 Å². The molecule has 1 aromatic heterocycles. The summed E-state index contributed by atoms with van der Waals surface area (Å²) in [6, 6.07) is 3.97. The minimum Gasteiger partial charge on any atom is -0.338 e. The van der Waals surface area contributed by atoms with Crippen LogP contribution in [0.3, 0.4) is 0 Å². The number of nitrogens with zero attached hydrogens (tertiary/aromatic N) is 2. The summed E-state index contributed by atoms with van der Waals surface area (Å²) in [6.07, 6.45) is 0. The number of nitro groups is 1. The number of hydrogen-bond donors (Lipinski definition) is 1. The highest BCUT2D eigenvalue weighted by atomic mass is 79.9. The molecule has 104 valence electrons. The number of nitrogens with one attached hydrogen (secondary N) is 1. The lowest BCUT2D eigenvalue weighted by atomic mass is 10.3. The first kappa shape index (κ1) is 14.6. The van der Waals surface area contributed by atoms with Gasteiger partial charge in [-0.3, -0.25) is 10.1 Å². The third-order valence-corrected chi connectivity index (χ3v) is 3.06. The van der Waals surface area contributed by atoms with E-state index in [1.54, 1.807) is 0 Å². The van der Waals surface area contributed by atoms with Crippen LogP contribution >= 0.6 is 27.5 Å². The predicted octanol–water partition coefficient (Wildman–Crippen LogP) is 4.43. The van der Waals surface area contributed by atoms with Gasteiger partial charge in [0.15, 0.2) is 0 Å². The first-order chi connectivity index (χ1) is 9.36. The minimum absolute atomic E-state index is 0.0263. The van der Waals surface area contributed by atoms with Gasteiger partial charge in [0, 0.05) is 6.07 Å². The molecule has 1 N–H and O–H groups in total. The van der Waals surface area contributed by atoms with Crippen LogP contribution in [0.5, 0.6) is 0 Å². The molecule has 1 heterocycles. The number of rotatable bonds is 3. The van der Waals surface area contributed by atoms with E-state index in [4.69, 9.17) is 11.6 Å². The van der Waals surface area contributed by atoms with Crippen molar-refractivity contribution in [2.75, 3.05) is 5.32 Å². The summed E-state index contributed by atoms with van der Waals surface area (Å²) in [6.45, 7) is 0. The normalized spacial score (nSPS) is 10.4. The summed E-state index contributed by atoms with van der Waals surface area (Å²) in [4.78, 5) is 13.8. The average molecular weight is 365 g/mol. The fourth-order valence-electron chi connectivity index (χ4n) is 1.41. The molecule has 0 unspecified atom stereocenters. The van der Waals surface area contributed by atoms with Gasteiger partial charge in [0.2, 0.25) is 0 Å². The minimum atomic E-state index is -0.866. The lowest BCUT2D eigenvalue weighted by molar-refractivity contribution is -0.384. The van der Waals surface area contributed by atoms with Gasteiger partial charge in [-0.15, -0.1) is 0 Å². The van der Waals surface area contributed by atoms with E-state index >= 15 is 0 Å². The Morgan fingerprint density at radius 1 is 1.25 bits per heavy atom. The molecule has 0 atom stereocenters. The highest BCUT2D eigenvalue weighted by Crippen LogP contribution is 2.28. The molecule has 0 aliphatic heterocycles. The molecule has 0 spiro atoms. The maximum absolute atomic E-state index is 13.6. The zero-order valence-electron chi connectivity index (χ0n) is 9.53. The lowest BCUT2D eigenvalue weighted by Gasteiger charge is -2.08. The first-order valence-electron chi connectivity index (χ1n) is 5.10. The molecule has 0 fully saturated rings. The molecule has 2 rings (SSSR count). The molecule has 0 aliphatic rings. The van der Waals surface area contributed by atoms with Gasteiger partial charge in [0.25, 0.3) is 5.69 Å². The van der Waals surface area contributed by atoms with Gasteiger partial charge < -0.3 is 5.32 Å². The largest absolute Gasteiger partial charge is 0.338 e. The quantitative estimate of drug-likeness (QED) is 0.379. The molecule has 2 aromatic rings. The van der Waals surface area contributed by atoms with E-state index < -0.39 is 16.6 Å². The van der Waals surface area contributed by atoms with Crippen LogP contribution in [0.1, 0.15) is 0 Å². The third kappa shape index (κ3) is 3.20. The van der Waals surface area contributed by atoms with Gasteiger partial charge in [-0.05, 0) is 22.0 Å². The number of benzene rings is 1. The van der Waals surface area contributed by atoms with Gasteiger partial charge in [-0.2, -0.15) is 0 Å². The highest BCUT2D eigenvalue weighted by molar-refractivity contribution is 9.10. The summed E-state index contributed by atoms with van der Waals surface area (Å²) >= 11 is 8.55. The summed E-state index contributed by atoms with van der Waals surface area (Å²) in [5, 5.41) is 13.1. The van der Waals surface area contributed by atoms with Crippen LogP contribution in [0.25, 0.3) is 0 Å². The lowest BCUT2D eigenvalue weighted by Crippen LogP contribution is -1.99. The molecule has 1 aromatic carbocycles. The fourth-order valence-corrected chi connectivity index (χ4v) is 1.96. The van der Waals surface area contributed by atoms with Crippen LogP contribution in [0, 0.1) is 21.7 Å². The van der Waals surface area contributed by atoms with Gasteiger partial charge in [0.05, 0.1) is 27.2 Å². The van der Waals surface area contributed by atoms with Crippen molar-refractivity contribution in [2.24, 2.45) is 0 Å². The zero-order valence-corrected chi connectivity index (χ0v) is 11.9. The molecule has 0 amide bonds. The molecule has 0 bridgehead atoms. The Balaban J connectivity index is 2.40. The van der Waals surface area contributed by atoms with Gasteiger partial charge >= 0.3 is 0 Å². The summed E-state index contributed by atoms with van der Waals surface area (Å²) in [7, 11) is 0. The van der Waals surface area contributed by atoms with E-state index in [1.807, 2.05) is 0 Å². The van der Waals surface area contributed by atoms with Crippen molar-refractivity contribution in [3.8, 4) is 0 Å². The molecule has 0 saturated carbocycles. The number of halogens is 4. The maximum Gasteiger partial charge on any atom is 0.276 e. The van der Waals surface area contributed by atoms with E-state index in [0.29, 0.717) is 6.07 Å². The van der Waals surface area contributed by atoms with Crippen molar-refractivity contribution in [3.05, 3.63) is 55.6 Å². The van der Waals surface area contributed by atoms with Gasteiger partial charge in [-0.25, -0.2) is 13.8 Å². The van der Waals surface area contributed by atoms with Crippen molar-refractivity contribution in [2.45, 2.75) is 0 Å². The highest BCUT2D eigenvalue weighted by Gasteiger charge is 2.13. The molecular weight excluding hydrogens is 359 g/mol. The summed E-state index contributed by atoms with van der Waals surface area (Å²) in [5.74, 6) is -1.66. The topological polar surface area (TPSA) is 68.1 Å². The Hall–Kier alpha value is -1.80. The second kappa shape index (κ2) is 5.68. The Bertz CT molecular complexity index is 700. The number of aromatic nitrogens is 1. The molecule has 5 nitrogen and oxygen atoms in total. The van der Waals surface area contributed by atoms with E-state index in [2.05, 4.69) is 26.2 Å². The second-order valence-corrected chi connectivity index (χ2v) is 4.90. The monoisotopic (exact) mass is 363 g/mol. The van der Waals surface area contributed by atoms with Crippen molar-refractivity contribution in [3.63, 3.8) is 0 Å². The number of pyridine rings is 1. The van der Waals surface area contributed by atoms with Crippen LogP contribution in [0.4, 0.5) is 26.0 Å². The van der Waals surface area contributed by atoms with E-state index in [0.717, 1.165) is 18.2 Å². The fraction of sp³-hybridized carbons (Fsp3) is 0. The second-order valence-electron chi connectivity index (χ2n) is 3.66. The first-order valence-corrected chi connectivity index (χ1v) is 6.27. The summed E-state index contributed by atoms with van der Waals surface area (Å²) in [5.41, 5.74) is -0.392.